The van der Waals surface area contributed by atoms with E-state index in [1.165, 1.54) is 24.3 Å². The summed E-state index contributed by atoms with van der Waals surface area (Å²) in [6, 6.07) is 8.65. The van der Waals surface area contributed by atoms with E-state index in [1.807, 2.05) is 0 Å². The fraction of sp³-hybridized carbons (Fsp3) is 0.278. The van der Waals surface area contributed by atoms with Crippen LogP contribution < -0.4 is 5.32 Å². The molecule has 28 heavy (non-hydrogen) atoms. The molecule has 0 spiro atoms. The normalized spacial score (nSPS) is 18.2. The first-order chi connectivity index (χ1) is 13.1. The summed E-state index contributed by atoms with van der Waals surface area (Å²) in [7, 11) is -3.90. The van der Waals surface area contributed by atoms with Gasteiger partial charge in [0.2, 0.25) is 15.9 Å². The van der Waals surface area contributed by atoms with Gasteiger partial charge in [0.05, 0.1) is 10.5 Å². The van der Waals surface area contributed by atoms with Crippen molar-refractivity contribution in [3.63, 3.8) is 0 Å². The number of alkyl halides is 3. The Labute approximate surface area is 165 Å². The smallest absolute Gasteiger partial charge is 0.325 e. The molecule has 0 unspecified atom stereocenters. The molecule has 1 fully saturated rings. The molecule has 1 aliphatic rings. The fourth-order valence-electron chi connectivity index (χ4n) is 3.00. The summed E-state index contributed by atoms with van der Waals surface area (Å²) in [6.07, 6.45) is -3.66. The van der Waals surface area contributed by atoms with E-state index in [1.54, 1.807) is 0 Å². The first-order valence-electron chi connectivity index (χ1n) is 8.34. The number of carbonyl (C=O) groups is 1. The van der Waals surface area contributed by atoms with Crippen molar-refractivity contribution in [2.75, 3.05) is 11.9 Å². The Bertz CT molecular complexity index is 961. The molecule has 1 N–H and O–H groups in total. The molecule has 10 heteroatoms. The van der Waals surface area contributed by atoms with Gasteiger partial charge in [-0.25, -0.2) is 8.42 Å². The third-order valence-electron chi connectivity index (χ3n) is 4.41. The molecule has 150 valence electrons. The van der Waals surface area contributed by atoms with E-state index >= 15 is 0 Å². The van der Waals surface area contributed by atoms with Gasteiger partial charge < -0.3 is 5.32 Å². The number of sulfonamides is 1. The molecule has 0 radical (unpaired) electrons. The highest BCUT2D eigenvalue weighted by atomic mass is 35.5. The Morgan fingerprint density at radius 1 is 1.07 bits per heavy atom. The predicted octanol–water partition coefficient (Wildman–Crippen LogP) is 4.15. The van der Waals surface area contributed by atoms with Gasteiger partial charge in [-0.2, -0.15) is 17.5 Å². The zero-order valence-electron chi connectivity index (χ0n) is 14.4. The third-order valence-corrected chi connectivity index (χ3v) is 6.58. The number of nitrogens with zero attached hydrogens (tertiary/aromatic N) is 1. The molecule has 1 amide bonds. The zero-order valence-corrected chi connectivity index (χ0v) is 16.0. The highest BCUT2D eigenvalue weighted by Crippen LogP contribution is 2.31. The van der Waals surface area contributed by atoms with E-state index in [-0.39, 0.29) is 17.1 Å². The number of anilines is 1. The lowest BCUT2D eigenvalue weighted by Gasteiger charge is -2.23. The maximum Gasteiger partial charge on any atom is 0.416 e. The van der Waals surface area contributed by atoms with Gasteiger partial charge in [-0.05, 0) is 61.4 Å². The van der Waals surface area contributed by atoms with Gasteiger partial charge in [-0.1, -0.05) is 11.6 Å². The monoisotopic (exact) mass is 432 g/mol. The number of nitrogens with one attached hydrogen (secondary N) is 1. The van der Waals surface area contributed by atoms with E-state index < -0.39 is 33.7 Å². The van der Waals surface area contributed by atoms with Crippen LogP contribution in [0.3, 0.4) is 0 Å². The molecular weight excluding hydrogens is 417 g/mol. The number of benzene rings is 2. The molecule has 1 saturated heterocycles. The van der Waals surface area contributed by atoms with Gasteiger partial charge in [0, 0.05) is 17.3 Å². The minimum absolute atomic E-state index is 0.0196. The van der Waals surface area contributed by atoms with Crippen molar-refractivity contribution >= 4 is 33.2 Å². The number of hydrogen-bond donors (Lipinski definition) is 1. The van der Waals surface area contributed by atoms with Crippen molar-refractivity contribution in [3.8, 4) is 0 Å². The largest absolute Gasteiger partial charge is 0.416 e. The van der Waals surface area contributed by atoms with E-state index in [9.17, 15) is 26.4 Å². The molecule has 0 bridgehead atoms. The summed E-state index contributed by atoms with van der Waals surface area (Å²) in [5, 5.41) is 2.88. The van der Waals surface area contributed by atoms with Crippen LogP contribution in [0.5, 0.6) is 0 Å². The second kappa shape index (κ2) is 7.73. The van der Waals surface area contributed by atoms with Crippen LogP contribution in [0.2, 0.25) is 5.02 Å². The number of rotatable bonds is 4. The quantitative estimate of drug-likeness (QED) is 0.789. The van der Waals surface area contributed by atoms with Crippen molar-refractivity contribution in [2.24, 2.45) is 0 Å². The Hall–Kier alpha value is -2.10. The minimum atomic E-state index is -4.47. The first kappa shape index (κ1) is 20.6. The SMILES string of the molecule is O=C(Nc1ccc(C(F)(F)F)cc1)[C@@H]1CCCN1S(=O)(=O)c1ccc(Cl)cc1. The first-order valence-corrected chi connectivity index (χ1v) is 10.2. The molecule has 1 atom stereocenters. The summed E-state index contributed by atoms with van der Waals surface area (Å²) in [5.74, 6) is -0.588. The van der Waals surface area contributed by atoms with Gasteiger partial charge >= 0.3 is 6.18 Å². The maximum absolute atomic E-state index is 12.8. The Balaban J connectivity index is 1.77. The van der Waals surface area contributed by atoms with Crippen LogP contribution in [0, 0.1) is 0 Å². The maximum atomic E-state index is 12.8. The number of amides is 1. The number of halogens is 4. The van der Waals surface area contributed by atoms with Gasteiger partial charge in [-0.15, -0.1) is 0 Å². The van der Waals surface area contributed by atoms with Gasteiger partial charge in [0.25, 0.3) is 0 Å². The molecule has 3 rings (SSSR count). The van der Waals surface area contributed by atoms with Gasteiger partial charge in [0.15, 0.2) is 0 Å². The van der Waals surface area contributed by atoms with Crippen LogP contribution in [0.4, 0.5) is 18.9 Å². The number of hydrogen-bond acceptors (Lipinski definition) is 3. The Morgan fingerprint density at radius 2 is 1.68 bits per heavy atom. The third kappa shape index (κ3) is 4.31. The topological polar surface area (TPSA) is 66.5 Å². The van der Waals surface area contributed by atoms with Crippen molar-refractivity contribution in [1.82, 2.24) is 4.31 Å². The molecule has 2 aromatic rings. The lowest BCUT2D eigenvalue weighted by atomic mass is 10.2. The lowest BCUT2D eigenvalue weighted by Crippen LogP contribution is -2.43. The zero-order chi connectivity index (χ0) is 20.5. The van der Waals surface area contributed by atoms with Crippen LogP contribution in [0.25, 0.3) is 0 Å². The molecular formula is C18H16ClF3N2O3S. The van der Waals surface area contributed by atoms with Crippen molar-refractivity contribution < 1.29 is 26.4 Å². The van der Waals surface area contributed by atoms with Gasteiger partial charge in [0.1, 0.15) is 6.04 Å². The van der Waals surface area contributed by atoms with Gasteiger partial charge in [-0.3, -0.25) is 4.79 Å². The van der Waals surface area contributed by atoms with Crippen LogP contribution in [-0.4, -0.2) is 31.2 Å². The molecule has 1 heterocycles. The molecule has 1 aliphatic heterocycles. The van der Waals surface area contributed by atoms with E-state index in [0.29, 0.717) is 17.9 Å². The highest BCUT2D eigenvalue weighted by Gasteiger charge is 2.39. The molecule has 0 aliphatic carbocycles. The van der Waals surface area contributed by atoms with Crippen LogP contribution in [-0.2, 0) is 21.0 Å². The minimum Gasteiger partial charge on any atom is -0.325 e. The molecule has 0 saturated carbocycles. The second-order valence-electron chi connectivity index (χ2n) is 6.29. The van der Waals surface area contributed by atoms with Crippen LogP contribution >= 0.6 is 11.6 Å². The standard InChI is InChI=1S/C18H16ClF3N2O3S/c19-13-5-9-15(10-6-13)28(26,27)24-11-1-2-16(24)17(25)23-14-7-3-12(4-8-14)18(20,21)22/h3-10,16H,1-2,11H2,(H,23,25)/t16-/m0/s1. The second-order valence-corrected chi connectivity index (χ2v) is 8.62. The van der Waals surface area contributed by atoms with E-state index in [2.05, 4.69) is 5.32 Å². The highest BCUT2D eigenvalue weighted by molar-refractivity contribution is 7.89. The number of carbonyl (C=O) groups excluding carboxylic acids is 1. The van der Waals surface area contributed by atoms with Crippen LogP contribution in [0.15, 0.2) is 53.4 Å². The van der Waals surface area contributed by atoms with Crippen molar-refractivity contribution in [3.05, 3.63) is 59.1 Å². The summed E-state index contributed by atoms with van der Waals surface area (Å²) in [4.78, 5) is 12.6. The summed E-state index contributed by atoms with van der Waals surface area (Å²) < 4.78 is 64.7. The summed E-state index contributed by atoms with van der Waals surface area (Å²) in [6.45, 7) is 0.177. The average molecular weight is 433 g/mol. The lowest BCUT2D eigenvalue weighted by molar-refractivity contribution is -0.137. The summed E-state index contributed by atoms with van der Waals surface area (Å²) >= 11 is 5.79. The Morgan fingerprint density at radius 3 is 2.25 bits per heavy atom. The average Bonchev–Trinajstić information content (AvgIpc) is 3.12. The van der Waals surface area contributed by atoms with E-state index in [0.717, 1.165) is 28.6 Å². The molecule has 0 aromatic heterocycles. The van der Waals surface area contributed by atoms with Crippen molar-refractivity contribution in [1.29, 1.82) is 0 Å². The summed E-state index contributed by atoms with van der Waals surface area (Å²) in [5.41, 5.74) is -0.674. The predicted molar refractivity (Wildman–Crippen MR) is 98.4 cm³/mol. The fourth-order valence-corrected chi connectivity index (χ4v) is 4.78. The Kier molecular flexibility index (Phi) is 5.69. The molecule has 5 nitrogen and oxygen atoms in total. The molecule has 2 aromatic carbocycles. The van der Waals surface area contributed by atoms with Crippen LogP contribution in [0.1, 0.15) is 18.4 Å². The van der Waals surface area contributed by atoms with E-state index in [4.69, 9.17) is 11.6 Å². The van der Waals surface area contributed by atoms with Crippen molar-refractivity contribution in [2.45, 2.75) is 30.0 Å².